The number of anilines is 1. The lowest BCUT2D eigenvalue weighted by molar-refractivity contribution is 0.0735. The van der Waals surface area contributed by atoms with Gasteiger partial charge in [0.15, 0.2) is 8.32 Å². The summed E-state index contributed by atoms with van der Waals surface area (Å²) in [6.45, 7) is 8.22. The summed E-state index contributed by atoms with van der Waals surface area (Å²) >= 11 is 0. The summed E-state index contributed by atoms with van der Waals surface area (Å²) in [4.78, 5) is 12.1. The van der Waals surface area contributed by atoms with Crippen LogP contribution in [0.5, 0.6) is 5.75 Å². The van der Waals surface area contributed by atoms with Crippen molar-refractivity contribution < 1.29 is 14.0 Å². The van der Waals surface area contributed by atoms with Crippen LogP contribution < -0.4 is 10.1 Å². The van der Waals surface area contributed by atoms with E-state index in [0.29, 0.717) is 11.3 Å². The summed E-state index contributed by atoms with van der Waals surface area (Å²) in [6, 6.07) is 17.6. The highest BCUT2D eigenvalue weighted by atomic mass is 28.4. The molecule has 0 aromatic heterocycles. The van der Waals surface area contributed by atoms with Gasteiger partial charge < -0.3 is 14.5 Å². The number of rotatable bonds is 9. The maximum absolute atomic E-state index is 12.1. The van der Waals surface area contributed by atoms with E-state index in [1.807, 2.05) is 36.4 Å². The van der Waals surface area contributed by atoms with Crippen LogP contribution in [0.3, 0.4) is 0 Å². The van der Waals surface area contributed by atoms with E-state index in [9.17, 15) is 4.79 Å². The Bertz CT molecular complexity index is 674. The Morgan fingerprint density at radius 2 is 1.84 bits per heavy atom. The van der Waals surface area contributed by atoms with Gasteiger partial charge in [-0.3, -0.25) is 0 Å². The van der Waals surface area contributed by atoms with Crippen LogP contribution in [0.25, 0.3) is 0 Å². The van der Waals surface area contributed by atoms with Crippen molar-refractivity contribution in [2.45, 2.75) is 32.5 Å². The quantitative estimate of drug-likeness (QED) is 0.298. The molecule has 0 aliphatic carbocycles. The topological polar surface area (TPSA) is 47.6 Å². The Morgan fingerprint density at radius 1 is 1.08 bits per heavy atom. The lowest BCUT2D eigenvalue weighted by Gasteiger charge is -2.21. The van der Waals surface area contributed by atoms with E-state index in [1.165, 1.54) is 0 Å². The number of nitrogens with one attached hydrogen (secondary N) is 1. The predicted octanol–water partition coefficient (Wildman–Crippen LogP) is 4.95. The van der Waals surface area contributed by atoms with Crippen LogP contribution in [0.4, 0.5) is 5.69 Å². The number of hydrogen-bond donors (Lipinski definition) is 1. The number of ether oxygens (including phenoxy) is 1. The van der Waals surface area contributed by atoms with Gasteiger partial charge in [0.05, 0.1) is 5.56 Å². The van der Waals surface area contributed by atoms with Crippen molar-refractivity contribution in [3.8, 4) is 5.75 Å². The molecule has 0 spiro atoms. The highest BCUT2D eigenvalue weighted by Crippen LogP contribution is 2.19. The Morgan fingerprint density at radius 3 is 2.56 bits per heavy atom. The molecule has 0 saturated carbocycles. The second-order valence-electron chi connectivity index (χ2n) is 6.51. The van der Waals surface area contributed by atoms with Crippen molar-refractivity contribution in [1.29, 1.82) is 0 Å². The minimum atomic E-state index is -1.52. The Hall–Kier alpha value is -2.11. The molecule has 4 nitrogen and oxygen atoms in total. The first-order valence-corrected chi connectivity index (χ1v) is 11.9. The van der Waals surface area contributed by atoms with E-state index in [4.69, 9.17) is 9.16 Å². The predicted molar refractivity (Wildman–Crippen MR) is 105 cm³/mol. The van der Waals surface area contributed by atoms with Gasteiger partial charge in [-0.25, -0.2) is 4.79 Å². The zero-order chi connectivity index (χ0) is 18.1. The molecule has 2 aromatic carbocycles. The van der Waals surface area contributed by atoms with Gasteiger partial charge in [0.25, 0.3) is 0 Å². The molecule has 0 unspecified atom stereocenters. The fourth-order valence-electron chi connectivity index (χ4n) is 2.62. The largest absolute Gasteiger partial charge is 0.423 e. The van der Waals surface area contributed by atoms with Crippen molar-refractivity contribution >= 4 is 20.0 Å². The van der Waals surface area contributed by atoms with Crippen LogP contribution in [-0.4, -0.2) is 27.4 Å². The number of benzene rings is 2. The second kappa shape index (κ2) is 9.39. The van der Waals surface area contributed by atoms with E-state index >= 15 is 0 Å². The van der Waals surface area contributed by atoms with E-state index in [1.54, 1.807) is 18.2 Å². The first-order chi connectivity index (χ1) is 12.0. The molecule has 0 aliphatic heterocycles. The van der Waals surface area contributed by atoms with Crippen molar-refractivity contribution in [3.63, 3.8) is 0 Å². The minimum absolute atomic E-state index is 0.345. The molecule has 5 heteroatoms. The fraction of sp³-hybridized carbons (Fsp3) is 0.350. The van der Waals surface area contributed by atoms with E-state index in [-0.39, 0.29) is 5.97 Å². The summed E-state index contributed by atoms with van der Waals surface area (Å²) in [5.74, 6) is 0.199. The normalized spacial score (nSPS) is 11.2. The van der Waals surface area contributed by atoms with E-state index in [2.05, 4.69) is 25.3 Å². The summed E-state index contributed by atoms with van der Waals surface area (Å²) < 4.78 is 11.3. The molecular formula is C20H27NO3Si. The molecule has 134 valence electrons. The van der Waals surface area contributed by atoms with Gasteiger partial charge in [-0.05, 0) is 56.7 Å². The Kier molecular flexibility index (Phi) is 7.22. The minimum Gasteiger partial charge on any atom is -0.423 e. The molecule has 0 heterocycles. The number of carbonyl (C=O) groups is 1. The van der Waals surface area contributed by atoms with Crippen LogP contribution in [0, 0.1) is 0 Å². The third kappa shape index (κ3) is 6.72. The molecule has 0 fully saturated rings. The number of carbonyl (C=O) groups excluding carboxylic acids is 1. The summed E-state index contributed by atoms with van der Waals surface area (Å²) in [5, 5.41) is 3.39. The molecular weight excluding hydrogens is 330 g/mol. The van der Waals surface area contributed by atoms with Gasteiger partial charge in [0, 0.05) is 24.9 Å². The number of esters is 1. The van der Waals surface area contributed by atoms with Crippen LogP contribution in [-0.2, 0) is 4.43 Å². The highest BCUT2D eigenvalue weighted by Gasteiger charge is 2.20. The first-order valence-electron chi connectivity index (χ1n) is 8.75. The van der Waals surface area contributed by atoms with Gasteiger partial charge in [0.1, 0.15) is 5.75 Å². The van der Waals surface area contributed by atoms with E-state index in [0.717, 1.165) is 31.3 Å². The number of hydrogen-bond acceptors (Lipinski definition) is 4. The van der Waals surface area contributed by atoms with Crippen LogP contribution >= 0.6 is 0 Å². The summed E-state index contributed by atoms with van der Waals surface area (Å²) in [7, 11) is -1.52. The molecule has 25 heavy (non-hydrogen) atoms. The third-order valence-corrected chi connectivity index (χ3v) is 6.50. The maximum Gasteiger partial charge on any atom is 0.343 e. The summed E-state index contributed by atoms with van der Waals surface area (Å²) in [6.07, 6.45) is 1.06. The van der Waals surface area contributed by atoms with Crippen molar-refractivity contribution in [2.75, 3.05) is 18.5 Å². The molecule has 0 atom stereocenters. The van der Waals surface area contributed by atoms with Crippen molar-refractivity contribution in [1.82, 2.24) is 0 Å². The monoisotopic (exact) mass is 357 g/mol. The Balaban J connectivity index is 1.84. The molecule has 2 aromatic rings. The lowest BCUT2D eigenvalue weighted by atomic mass is 10.2. The maximum atomic E-state index is 12.1. The third-order valence-electron chi connectivity index (χ3n) is 3.87. The average Bonchev–Trinajstić information content (AvgIpc) is 2.60. The second-order valence-corrected chi connectivity index (χ2v) is 10.8. The standard InChI is InChI=1S/C20H27NO3Si/c1-4-23-25(2,3)15-9-14-21-18-12-8-13-19(16-18)24-20(22)17-10-6-5-7-11-17/h5-8,10-13,16,21H,4,9,14-15H2,1-3H3. The van der Waals surface area contributed by atoms with Crippen LogP contribution in [0.2, 0.25) is 19.1 Å². The smallest absolute Gasteiger partial charge is 0.343 e. The van der Waals surface area contributed by atoms with Gasteiger partial charge in [-0.15, -0.1) is 0 Å². The molecule has 0 bridgehead atoms. The zero-order valence-electron chi connectivity index (χ0n) is 15.2. The average molecular weight is 358 g/mol. The van der Waals surface area contributed by atoms with Gasteiger partial charge in [0.2, 0.25) is 0 Å². The van der Waals surface area contributed by atoms with Gasteiger partial charge in [-0.1, -0.05) is 24.3 Å². The Labute approximate surface area is 151 Å². The van der Waals surface area contributed by atoms with Gasteiger partial charge >= 0.3 is 5.97 Å². The zero-order valence-corrected chi connectivity index (χ0v) is 16.2. The van der Waals surface area contributed by atoms with E-state index < -0.39 is 8.32 Å². The molecule has 0 amide bonds. The highest BCUT2D eigenvalue weighted by molar-refractivity contribution is 6.71. The summed E-state index contributed by atoms with van der Waals surface area (Å²) in [5.41, 5.74) is 1.50. The molecule has 0 saturated heterocycles. The van der Waals surface area contributed by atoms with Crippen LogP contribution in [0.15, 0.2) is 54.6 Å². The van der Waals surface area contributed by atoms with Crippen molar-refractivity contribution in [2.24, 2.45) is 0 Å². The van der Waals surface area contributed by atoms with Crippen molar-refractivity contribution in [3.05, 3.63) is 60.2 Å². The lowest BCUT2D eigenvalue weighted by Crippen LogP contribution is -2.30. The first kappa shape index (κ1) is 19.2. The molecule has 0 aliphatic rings. The molecule has 2 rings (SSSR count). The van der Waals surface area contributed by atoms with Crippen LogP contribution in [0.1, 0.15) is 23.7 Å². The fourth-order valence-corrected chi connectivity index (χ4v) is 4.57. The molecule has 0 radical (unpaired) electrons. The SMILES string of the molecule is CCO[Si](C)(C)CCCNc1cccc(OC(=O)c2ccccc2)c1. The molecule has 1 N–H and O–H groups in total. The van der Waals surface area contributed by atoms with Gasteiger partial charge in [-0.2, -0.15) is 0 Å².